The number of hydrogen-bond donors (Lipinski definition) is 4. The first-order valence-corrected chi connectivity index (χ1v) is 14.4. The first kappa shape index (κ1) is 27.5. The van der Waals surface area contributed by atoms with Crippen molar-refractivity contribution in [3.8, 4) is 0 Å². The Morgan fingerprint density at radius 2 is 0.721 bits per heavy atom. The van der Waals surface area contributed by atoms with Gasteiger partial charge in [-0.3, -0.25) is 0 Å². The van der Waals surface area contributed by atoms with Crippen LogP contribution in [0.15, 0.2) is 146 Å². The Kier molecular flexibility index (Phi) is 8.00. The molecule has 6 heteroatoms. The number of pyridine rings is 2. The van der Waals surface area contributed by atoms with Crippen LogP contribution in [0.1, 0.15) is 25.2 Å². The molecule has 0 saturated heterocycles. The zero-order valence-electron chi connectivity index (χ0n) is 24.3. The summed E-state index contributed by atoms with van der Waals surface area (Å²) >= 11 is 0. The van der Waals surface area contributed by atoms with Crippen molar-refractivity contribution in [1.82, 2.24) is 9.97 Å². The molecule has 0 aliphatic heterocycles. The number of aromatic nitrogens is 2. The highest BCUT2D eigenvalue weighted by atomic mass is 15.0. The van der Waals surface area contributed by atoms with Gasteiger partial charge in [0.15, 0.2) is 0 Å². The predicted octanol–water partition coefficient (Wildman–Crippen LogP) is 9.78. The van der Waals surface area contributed by atoms with E-state index in [1.807, 2.05) is 121 Å². The minimum atomic E-state index is -0.445. The lowest BCUT2D eigenvalue weighted by Crippen LogP contribution is -2.22. The van der Waals surface area contributed by atoms with Crippen LogP contribution in [0, 0.1) is 0 Å². The molecule has 0 spiro atoms. The van der Waals surface area contributed by atoms with Crippen LogP contribution in [-0.2, 0) is 5.41 Å². The molecule has 2 heterocycles. The van der Waals surface area contributed by atoms with E-state index in [2.05, 4.69) is 59.4 Å². The van der Waals surface area contributed by atoms with Gasteiger partial charge in [0.2, 0.25) is 0 Å². The zero-order valence-corrected chi connectivity index (χ0v) is 24.3. The maximum Gasteiger partial charge on any atom is 0.130 e. The summed E-state index contributed by atoms with van der Waals surface area (Å²) in [6.07, 6.45) is 0. The third kappa shape index (κ3) is 6.66. The summed E-state index contributed by atoms with van der Waals surface area (Å²) in [5.41, 5.74) is 7.28. The highest BCUT2D eigenvalue weighted by Crippen LogP contribution is 2.33. The average Bonchev–Trinajstić information content (AvgIpc) is 3.04. The lowest BCUT2D eigenvalue weighted by Gasteiger charge is -2.25. The number of nitrogens with one attached hydrogen (secondary N) is 4. The summed E-state index contributed by atoms with van der Waals surface area (Å²) in [5.74, 6) is 1.53. The molecule has 2 aromatic heterocycles. The smallest absolute Gasteiger partial charge is 0.130 e. The molecular weight excluding hydrogens is 528 g/mol. The summed E-state index contributed by atoms with van der Waals surface area (Å²) in [4.78, 5) is 10.1. The fourth-order valence-corrected chi connectivity index (χ4v) is 4.87. The molecule has 0 amide bonds. The summed E-state index contributed by atoms with van der Waals surface area (Å²) < 4.78 is 0. The van der Waals surface area contributed by atoms with E-state index in [9.17, 15) is 0 Å². The summed E-state index contributed by atoms with van der Waals surface area (Å²) in [6, 6.07) is 48.7. The van der Waals surface area contributed by atoms with Crippen LogP contribution in [-0.4, -0.2) is 9.97 Å². The van der Waals surface area contributed by atoms with Gasteiger partial charge in [-0.1, -0.05) is 72.8 Å². The van der Waals surface area contributed by atoms with Crippen LogP contribution in [0.5, 0.6) is 0 Å². The minimum Gasteiger partial charge on any atom is -0.354 e. The second kappa shape index (κ2) is 12.5. The first-order valence-electron chi connectivity index (χ1n) is 14.4. The van der Waals surface area contributed by atoms with E-state index in [1.54, 1.807) is 0 Å². The monoisotopic (exact) mass is 562 g/mol. The maximum atomic E-state index is 5.03. The van der Waals surface area contributed by atoms with Crippen molar-refractivity contribution in [2.24, 2.45) is 0 Å². The van der Waals surface area contributed by atoms with Gasteiger partial charge in [-0.05, 0) is 86.6 Å². The lowest BCUT2D eigenvalue weighted by atomic mass is 9.84. The largest absolute Gasteiger partial charge is 0.354 e. The van der Waals surface area contributed by atoms with Gasteiger partial charge in [-0.25, -0.2) is 9.97 Å². The third-order valence-corrected chi connectivity index (χ3v) is 7.26. The quantitative estimate of drug-likeness (QED) is 0.133. The van der Waals surface area contributed by atoms with E-state index < -0.39 is 5.41 Å². The molecule has 0 atom stereocenters. The van der Waals surface area contributed by atoms with E-state index >= 15 is 0 Å². The molecule has 0 aliphatic rings. The summed E-state index contributed by atoms with van der Waals surface area (Å²) in [7, 11) is 0. The van der Waals surface area contributed by atoms with Crippen LogP contribution in [0.2, 0.25) is 0 Å². The van der Waals surface area contributed by atoms with Gasteiger partial charge in [0.05, 0.1) is 34.1 Å². The second-order valence-corrected chi connectivity index (χ2v) is 10.8. The Hall–Kier alpha value is -5.62. The number of nitrogens with zero attached hydrogens (tertiary/aromatic N) is 2. The topological polar surface area (TPSA) is 73.9 Å². The molecule has 6 rings (SSSR count). The highest BCUT2D eigenvalue weighted by Gasteiger charge is 2.27. The molecule has 4 aromatic carbocycles. The van der Waals surface area contributed by atoms with Crippen LogP contribution < -0.4 is 21.3 Å². The van der Waals surface area contributed by atoms with Crippen molar-refractivity contribution in [2.45, 2.75) is 19.3 Å². The van der Waals surface area contributed by atoms with Gasteiger partial charge in [0, 0.05) is 16.8 Å². The number of benzene rings is 4. The molecule has 4 N–H and O–H groups in total. The SMILES string of the molecule is CC(C)(c1cccc(Nc2ccccc2Nc2ccccc2)n1)c1cccc(Nc2ccccc2Nc2ccccc2)n1. The van der Waals surface area contributed by atoms with Crippen molar-refractivity contribution >= 4 is 45.8 Å². The molecule has 0 aliphatic carbocycles. The van der Waals surface area contributed by atoms with Crippen LogP contribution in [0.25, 0.3) is 0 Å². The van der Waals surface area contributed by atoms with Gasteiger partial charge in [0.1, 0.15) is 11.6 Å². The van der Waals surface area contributed by atoms with Crippen molar-refractivity contribution in [1.29, 1.82) is 0 Å². The van der Waals surface area contributed by atoms with Crippen molar-refractivity contribution in [3.05, 3.63) is 157 Å². The van der Waals surface area contributed by atoms with Crippen molar-refractivity contribution < 1.29 is 0 Å². The fourth-order valence-electron chi connectivity index (χ4n) is 4.87. The summed E-state index contributed by atoms with van der Waals surface area (Å²) in [6.45, 7) is 4.31. The Bertz CT molecular complexity index is 1670. The van der Waals surface area contributed by atoms with Gasteiger partial charge < -0.3 is 21.3 Å². The predicted molar refractivity (Wildman–Crippen MR) is 180 cm³/mol. The van der Waals surface area contributed by atoms with Gasteiger partial charge in [-0.2, -0.15) is 0 Å². The van der Waals surface area contributed by atoms with E-state index in [-0.39, 0.29) is 0 Å². The molecule has 6 nitrogen and oxygen atoms in total. The van der Waals surface area contributed by atoms with Crippen molar-refractivity contribution in [2.75, 3.05) is 21.3 Å². The highest BCUT2D eigenvalue weighted by molar-refractivity contribution is 5.78. The number of rotatable bonds is 10. The second-order valence-electron chi connectivity index (χ2n) is 10.8. The Balaban J connectivity index is 1.22. The van der Waals surface area contributed by atoms with Crippen LogP contribution >= 0.6 is 0 Å². The third-order valence-electron chi connectivity index (χ3n) is 7.26. The normalized spacial score (nSPS) is 11.0. The first-order chi connectivity index (χ1) is 21.0. The van der Waals surface area contributed by atoms with Crippen LogP contribution in [0.3, 0.4) is 0 Å². The molecule has 43 heavy (non-hydrogen) atoms. The average molecular weight is 563 g/mol. The molecule has 0 fully saturated rings. The molecular formula is C37H34N6. The maximum absolute atomic E-state index is 5.03. The van der Waals surface area contributed by atoms with E-state index in [0.29, 0.717) is 0 Å². The molecule has 212 valence electrons. The van der Waals surface area contributed by atoms with Gasteiger partial charge >= 0.3 is 0 Å². The molecule has 0 bridgehead atoms. The molecule has 0 radical (unpaired) electrons. The fraction of sp³-hybridized carbons (Fsp3) is 0.0811. The van der Waals surface area contributed by atoms with E-state index in [0.717, 1.165) is 57.1 Å². The number of hydrogen-bond acceptors (Lipinski definition) is 6. The van der Waals surface area contributed by atoms with E-state index in [1.165, 1.54) is 0 Å². The Labute approximate surface area is 252 Å². The van der Waals surface area contributed by atoms with Gasteiger partial charge in [-0.15, -0.1) is 0 Å². The number of para-hydroxylation sites is 6. The van der Waals surface area contributed by atoms with E-state index in [4.69, 9.17) is 9.97 Å². The van der Waals surface area contributed by atoms with Gasteiger partial charge in [0.25, 0.3) is 0 Å². The summed E-state index contributed by atoms with van der Waals surface area (Å²) in [5, 5.41) is 14.0. The number of anilines is 8. The molecule has 0 saturated carbocycles. The molecule has 0 unspecified atom stereocenters. The Morgan fingerprint density at radius 3 is 1.12 bits per heavy atom. The Morgan fingerprint density at radius 1 is 0.372 bits per heavy atom. The van der Waals surface area contributed by atoms with Crippen molar-refractivity contribution in [3.63, 3.8) is 0 Å². The molecule has 6 aromatic rings. The zero-order chi connectivity index (χ0) is 29.5. The van der Waals surface area contributed by atoms with Crippen LogP contribution in [0.4, 0.5) is 45.8 Å². The lowest BCUT2D eigenvalue weighted by molar-refractivity contribution is 0.597. The standard InChI is InChI=1S/C37H34N6/c1-37(2,33-23-13-25-35(42-33)40-31-21-11-9-19-29(31)38-27-15-5-3-6-16-27)34-24-14-26-36(43-34)41-32-22-12-10-20-30(32)39-28-17-7-4-8-18-28/h3-26,38-39H,1-2H3,(H,40,42)(H,41,43). The minimum absolute atomic E-state index is 0.445.